The van der Waals surface area contributed by atoms with Crippen LogP contribution in [0.15, 0.2) is 41.4 Å². The lowest BCUT2D eigenvalue weighted by atomic mass is 10.1. The lowest BCUT2D eigenvalue weighted by Gasteiger charge is -2.21. The van der Waals surface area contributed by atoms with E-state index in [1.165, 1.54) is 0 Å². The molecule has 2 aromatic rings. The number of benzene rings is 2. The summed E-state index contributed by atoms with van der Waals surface area (Å²) in [5.74, 6) is 3.47. The van der Waals surface area contributed by atoms with Crippen LogP contribution in [0.2, 0.25) is 0 Å². The van der Waals surface area contributed by atoms with Gasteiger partial charge >= 0.3 is 0 Å². The molecule has 0 aromatic heterocycles. The van der Waals surface area contributed by atoms with Crippen molar-refractivity contribution in [1.82, 2.24) is 5.32 Å². The molecule has 1 atom stereocenters. The van der Waals surface area contributed by atoms with Gasteiger partial charge in [0.15, 0.2) is 16.7 Å². The molecule has 2 aromatic carbocycles. The zero-order valence-electron chi connectivity index (χ0n) is 17.0. The number of methoxy groups -OCH3 is 2. The van der Waals surface area contributed by atoms with Gasteiger partial charge in [-0.15, -0.1) is 0 Å². The maximum absolute atomic E-state index is 12.4. The molecule has 7 nitrogen and oxygen atoms in total. The fourth-order valence-corrected chi connectivity index (χ4v) is 4.32. The monoisotopic (exact) mass is 428 g/mol. The Hall–Kier alpha value is -2.87. The highest BCUT2D eigenvalue weighted by molar-refractivity contribution is 8.14. The molecule has 1 N–H and O–H groups in total. The molecule has 2 heterocycles. The highest BCUT2D eigenvalue weighted by atomic mass is 32.2. The summed E-state index contributed by atoms with van der Waals surface area (Å²) in [6.45, 7) is 1.01. The second-order valence-corrected chi connectivity index (χ2v) is 7.91. The van der Waals surface area contributed by atoms with Crippen LogP contribution in [0.3, 0.4) is 0 Å². The van der Waals surface area contributed by atoms with Gasteiger partial charge in [0.2, 0.25) is 11.7 Å². The lowest BCUT2D eigenvalue weighted by molar-refractivity contribution is -0.119. The van der Waals surface area contributed by atoms with Crippen LogP contribution in [0.25, 0.3) is 0 Å². The Labute approximate surface area is 179 Å². The third-order valence-electron chi connectivity index (χ3n) is 4.93. The molecule has 0 saturated carbocycles. The number of rotatable bonds is 6. The van der Waals surface area contributed by atoms with Gasteiger partial charge in [0, 0.05) is 12.2 Å². The molecule has 8 heteroatoms. The molecule has 4 rings (SSSR count). The fraction of sp³-hybridized carbons (Fsp3) is 0.364. The van der Waals surface area contributed by atoms with Crippen molar-refractivity contribution in [2.45, 2.75) is 18.9 Å². The van der Waals surface area contributed by atoms with Gasteiger partial charge in [-0.05, 0) is 41.8 Å². The van der Waals surface area contributed by atoms with Crippen molar-refractivity contribution in [3.8, 4) is 23.0 Å². The van der Waals surface area contributed by atoms with Gasteiger partial charge in [-0.1, -0.05) is 23.9 Å². The van der Waals surface area contributed by atoms with Crippen molar-refractivity contribution >= 4 is 22.8 Å². The number of aliphatic imine (C=N–C) groups is 1. The maximum Gasteiger partial charge on any atom is 0.226 e. The highest BCUT2D eigenvalue weighted by Gasteiger charge is 2.22. The zero-order chi connectivity index (χ0) is 20.9. The third-order valence-corrected chi connectivity index (χ3v) is 5.89. The number of ether oxygens (including phenoxy) is 4. The molecular weight excluding hydrogens is 404 g/mol. The zero-order valence-corrected chi connectivity index (χ0v) is 17.8. The Morgan fingerprint density at radius 3 is 2.73 bits per heavy atom. The average Bonchev–Trinajstić information content (AvgIpc) is 3.25. The molecule has 1 amide bonds. The SMILES string of the molecule is COc1ccc(C2CSC(NC(=O)CCc3cc(OC)c4c(c3)OCCO4)=N2)cc1. The summed E-state index contributed by atoms with van der Waals surface area (Å²) < 4.78 is 21.9. The number of amides is 1. The molecule has 0 spiro atoms. The second kappa shape index (κ2) is 9.30. The van der Waals surface area contributed by atoms with Crippen LogP contribution in [-0.2, 0) is 11.2 Å². The fourth-order valence-electron chi connectivity index (χ4n) is 3.35. The minimum absolute atomic E-state index is 0.0401. The summed E-state index contributed by atoms with van der Waals surface area (Å²) in [5, 5.41) is 3.59. The van der Waals surface area contributed by atoms with Gasteiger partial charge in [0.1, 0.15) is 19.0 Å². The normalized spacial score (nSPS) is 17.3. The first-order valence-corrected chi connectivity index (χ1v) is 10.8. The van der Waals surface area contributed by atoms with Gasteiger partial charge in [-0.2, -0.15) is 0 Å². The topological polar surface area (TPSA) is 78.4 Å². The van der Waals surface area contributed by atoms with Crippen molar-refractivity contribution in [2.24, 2.45) is 4.99 Å². The number of hydrogen-bond acceptors (Lipinski definition) is 7. The molecule has 0 radical (unpaired) electrons. The Bertz CT molecular complexity index is 928. The largest absolute Gasteiger partial charge is 0.497 e. The Morgan fingerprint density at radius 2 is 1.97 bits per heavy atom. The van der Waals surface area contributed by atoms with E-state index in [4.69, 9.17) is 18.9 Å². The first-order chi connectivity index (χ1) is 14.7. The van der Waals surface area contributed by atoms with Crippen molar-refractivity contribution in [3.05, 3.63) is 47.5 Å². The van der Waals surface area contributed by atoms with Crippen LogP contribution in [0.5, 0.6) is 23.0 Å². The van der Waals surface area contributed by atoms with Crippen LogP contribution in [0.1, 0.15) is 23.6 Å². The van der Waals surface area contributed by atoms with E-state index >= 15 is 0 Å². The van der Waals surface area contributed by atoms with E-state index in [0.717, 1.165) is 22.6 Å². The molecule has 30 heavy (non-hydrogen) atoms. The van der Waals surface area contributed by atoms with E-state index < -0.39 is 0 Å². The van der Waals surface area contributed by atoms with Crippen LogP contribution in [0.4, 0.5) is 0 Å². The first-order valence-electron chi connectivity index (χ1n) is 9.77. The second-order valence-electron chi connectivity index (χ2n) is 6.90. The van der Waals surface area contributed by atoms with Crippen molar-refractivity contribution in [3.63, 3.8) is 0 Å². The van der Waals surface area contributed by atoms with E-state index in [2.05, 4.69) is 10.3 Å². The van der Waals surface area contributed by atoms with Crippen molar-refractivity contribution < 1.29 is 23.7 Å². The van der Waals surface area contributed by atoms with E-state index in [9.17, 15) is 4.79 Å². The van der Waals surface area contributed by atoms with Crippen molar-refractivity contribution in [1.29, 1.82) is 0 Å². The summed E-state index contributed by atoms with van der Waals surface area (Å²) in [5.41, 5.74) is 2.07. The number of nitrogens with one attached hydrogen (secondary N) is 1. The van der Waals surface area contributed by atoms with Crippen LogP contribution in [-0.4, -0.2) is 44.3 Å². The summed E-state index contributed by atoms with van der Waals surface area (Å²) in [6, 6.07) is 11.7. The molecule has 0 aliphatic carbocycles. The molecular formula is C22H24N2O5S. The number of carbonyl (C=O) groups excluding carboxylic acids is 1. The Morgan fingerprint density at radius 1 is 1.17 bits per heavy atom. The van der Waals surface area contributed by atoms with Gasteiger partial charge < -0.3 is 24.3 Å². The highest BCUT2D eigenvalue weighted by Crippen LogP contribution is 2.40. The smallest absolute Gasteiger partial charge is 0.226 e. The summed E-state index contributed by atoms with van der Waals surface area (Å²) in [6.07, 6.45) is 0.911. The number of hydrogen-bond donors (Lipinski definition) is 1. The molecule has 0 bridgehead atoms. The molecule has 0 saturated heterocycles. The quantitative estimate of drug-likeness (QED) is 0.760. The third kappa shape index (κ3) is 4.64. The molecule has 0 fully saturated rings. The predicted molar refractivity (Wildman–Crippen MR) is 116 cm³/mol. The van der Waals surface area contributed by atoms with Crippen LogP contribution in [0, 0.1) is 0 Å². The summed E-state index contributed by atoms with van der Waals surface area (Å²) >= 11 is 1.56. The summed E-state index contributed by atoms with van der Waals surface area (Å²) in [7, 11) is 3.24. The lowest BCUT2D eigenvalue weighted by Crippen LogP contribution is -2.27. The van der Waals surface area contributed by atoms with E-state index in [-0.39, 0.29) is 11.9 Å². The van der Waals surface area contributed by atoms with E-state index in [1.54, 1.807) is 26.0 Å². The number of amidine groups is 1. The number of fused-ring (bicyclic) bond motifs is 1. The Kier molecular flexibility index (Phi) is 6.32. The molecule has 158 valence electrons. The molecule has 2 aliphatic heterocycles. The Balaban J connectivity index is 1.34. The maximum atomic E-state index is 12.4. The van der Waals surface area contributed by atoms with Gasteiger partial charge in [0.05, 0.1) is 20.3 Å². The summed E-state index contributed by atoms with van der Waals surface area (Å²) in [4.78, 5) is 17.1. The van der Waals surface area contributed by atoms with Gasteiger partial charge in [-0.3, -0.25) is 9.79 Å². The molecule has 1 unspecified atom stereocenters. The van der Waals surface area contributed by atoms with E-state index in [1.807, 2.05) is 36.4 Å². The van der Waals surface area contributed by atoms with Crippen LogP contribution < -0.4 is 24.3 Å². The predicted octanol–water partition coefficient (Wildman–Crippen LogP) is 3.37. The first kappa shape index (κ1) is 20.4. The number of carbonyl (C=O) groups is 1. The van der Waals surface area contributed by atoms with Crippen molar-refractivity contribution in [2.75, 3.05) is 33.2 Å². The minimum Gasteiger partial charge on any atom is -0.497 e. The number of nitrogens with zero attached hydrogens (tertiary/aromatic N) is 1. The minimum atomic E-state index is -0.0644. The molecule has 2 aliphatic rings. The average molecular weight is 429 g/mol. The number of aryl methyl sites for hydroxylation is 1. The van der Waals surface area contributed by atoms with E-state index in [0.29, 0.717) is 48.5 Å². The van der Waals surface area contributed by atoms with Gasteiger partial charge in [-0.25, -0.2) is 0 Å². The standard InChI is InChI=1S/C22H24N2O5S/c1-26-16-6-4-15(5-7-16)17-13-30-22(23-17)24-20(25)8-3-14-11-18(27-2)21-19(12-14)28-9-10-29-21/h4-7,11-12,17H,3,8-10,13H2,1-2H3,(H,23,24,25). The van der Waals surface area contributed by atoms with Gasteiger partial charge in [0.25, 0.3) is 0 Å². The van der Waals surface area contributed by atoms with Crippen LogP contribution >= 0.6 is 11.8 Å². The number of thioether (sulfide) groups is 1.